The molecule has 2 amide bonds. The number of aromatic nitrogens is 1. The first kappa shape index (κ1) is 17.5. The van der Waals surface area contributed by atoms with E-state index in [4.69, 9.17) is 4.98 Å². The van der Waals surface area contributed by atoms with Gasteiger partial charge in [0.1, 0.15) is 10.8 Å². The highest BCUT2D eigenvalue weighted by molar-refractivity contribution is 7.10. The third-order valence-corrected chi connectivity index (χ3v) is 5.59. The number of nitrogens with one attached hydrogen (secondary N) is 1. The number of benzene rings is 2. The number of thiazole rings is 1. The molecule has 4 nitrogen and oxygen atoms in total. The fourth-order valence-corrected chi connectivity index (χ4v) is 4.42. The summed E-state index contributed by atoms with van der Waals surface area (Å²) in [4.78, 5) is 20.8. The van der Waals surface area contributed by atoms with Crippen molar-refractivity contribution in [2.75, 3.05) is 0 Å². The molecule has 1 N–H and O–H groups in total. The van der Waals surface area contributed by atoms with E-state index in [9.17, 15) is 9.18 Å². The van der Waals surface area contributed by atoms with Crippen molar-refractivity contribution in [3.05, 3.63) is 76.4 Å². The average molecular weight is 379 g/mol. The van der Waals surface area contributed by atoms with Crippen LogP contribution < -0.4 is 5.32 Å². The Labute approximate surface area is 160 Å². The highest BCUT2D eigenvalue weighted by Gasteiger charge is 2.33. The summed E-state index contributed by atoms with van der Waals surface area (Å²) in [6, 6.07) is 16.0. The maximum atomic E-state index is 13.2. The fourth-order valence-electron chi connectivity index (χ4n) is 3.37. The van der Waals surface area contributed by atoms with Gasteiger partial charge in [0.2, 0.25) is 0 Å². The predicted molar refractivity (Wildman–Crippen MR) is 106 cm³/mol. The van der Waals surface area contributed by atoms with E-state index in [1.165, 1.54) is 23.5 Å². The average Bonchev–Trinajstić information content (AvgIpc) is 3.12. The van der Waals surface area contributed by atoms with Crippen LogP contribution in [-0.4, -0.2) is 22.8 Å². The lowest BCUT2D eigenvalue weighted by molar-refractivity contribution is 0.242. The van der Waals surface area contributed by atoms with Crippen molar-refractivity contribution in [3.8, 4) is 11.3 Å². The van der Waals surface area contributed by atoms with Crippen LogP contribution in [-0.2, 0) is 6.42 Å². The summed E-state index contributed by atoms with van der Waals surface area (Å²) in [6.45, 7) is 1.88. The Hall–Kier alpha value is -2.86. The third kappa shape index (κ3) is 3.80. The molecule has 0 bridgehead atoms. The van der Waals surface area contributed by atoms with Gasteiger partial charge in [0, 0.05) is 22.7 Å². The van der Waals surface area contributed by atoms with Crippen LogP contribution in [0.25, 0.3) is 11.3 Å². The zero-order valence-corrected chi connectivity index (χ0v) is 15.5. The van der Waals surface area contributed by atoms with Gasteiger partial charge < -0.3 is 5.32 Å². The molecule has 6 heteroatoms. The molecule has 0 radical (unpaired) electrons. The number of nitrogens with zero attached hydrogens (tertiary/aromatic N) is 2. The van der Waals surface area contributed by atoms with Crippen LogP contribution in [0.4, 0.5) is 9.18 Å². The van der Waals surface area contributed by atoms with Gasteiger partial charge in [0.15, 0.2) is 0 Å². The number of rotatable bonds is 4. The van der Waals surface area contributed by atoms with Crippen LogP contribution in [0.3, 0.4) is 0 Å². The SMILES string of the molecule is CC1=NC(=O)NC(Cc2ccccc2)C1c1nc(-c2ccc(F)cc2)cs1. The molecule has 0 saturated carbocycles. The molecule has 0 aliphatic carbocycles. The Balaban J connectivity index is 1.65. The van der Waals surface area contributed by atoms with E-state index in [1.54, 1.807) is 12.1 Å². The molecule has 3 aromatic rings. The van der Waals surface area contributed by atoms with Crippen LogP contribution in [0.2, 0.25) is 0 Å². The zero-order valence-electron chi connectivity index (χ0n) is 14.7. The molecule has 2 aromatic carbocycles. The Morgan fingerprint density at radius 1 is 1.11 bits per heavy atom. The maximum Gasteiger partial charge on any atom is 0.341 e. The van der Waals surface area contributed by atoms with Gasteiger partial charge in [-0.25, -0.2) is 19.2 Å². The number of hydrogen-bond acceptors (Lipinski definition) is 3. The highest BCUT2D eigenvalue weighted by Crippen LogP contribution is 2.32. The Kier molecular flexibility index (Phi) is 4.81. The van der Waals surface area contributed by atoms with Gasteiger partial charge in [-0.3, -0.25) is 0 Å². The Morgan fingerprint density at radius 2 is 1.85 bits per heavy atom. The van der Waals surface area contributed by atoms with Gasteiger partial charge in [-0.05, 0) is 43.2 Å². The highest BCUT2D eigenvalue weighted by atomic mass is 32.1. The number of carbonyl (C=O) groups is 1. The van der Waals surface area contributed by atoms with Gasteiger partial charge in [0.25, 0.3) is 0 Å². The minimum Gasteiger partial charge on any atom is -0.332 e. The lowest BCUT2D eigenvalue weighted by atomic mass is 9.89. The number of amides is 2. The summed E-state index contributed by atoms with van der Waals surface area (Å²) in [5.74, 6) is -0.350. The van der Waals surface area contributed by atoms with Crippen molar-refractivity contribution in [1.82, 2.24) is 10.3 Å². The van der Waals surface area contributed by atoms with Crippen molar-refractivity contribution in [3.63, 3.8) is 0 Å². The predicted octanol–water partition coefficient (Wildman–Crippen LogP) is 4.83. The normalized spacial score (nSPS) is 19.5. The largest absolute Gasteiger partial charge is 0.341 e. The van der Waals surface area contributed by atoms with E-state index in [0.29, 0.717) is 6.42 Å². The minimum absolute atomic E-state index is 0.0814. The van der Waals surface area contributed by atoms with Gasteiger partial charge in [0.05, 0.1) is 11.6 Å². The second-order valence-electron chi connectivity index (χ2n) is 6.55. The molecule has 136 valence electrons. The monoisotopic (exact) mass is 379 g/mol. The molecule has 1 aliphatic heterocycles. The molecule has 2 heterocycles. The first-order chi connectivity index (χ1) is 13.1. The standard InChI is InChI=1S/C21H18FN3OS/c1-13-19(17(25-21(26)23-13)11-14-5-3-2-4-6-14)20-24-18(12-27-20)15-7-9-16(22)10-8-15/h2-10,12,17,19H,11H2,1H3,(H,25,26). The molecular weight excluding hydrogens is 361 g/mol. The van der Waals surface area contributed by atoms with Crippen LogP contribution in [0.5, 0.6) is 0 Å². The molecule has 4 rings (SSSR count). The Morgan fingerprint density at radius 3 is 2.59 bits per heavy atom. The topological polar surface area (TPSA) is 54.4 Å². The number of hydrogen-bond donors (Lipinski definition) is 1. The van der Waals surface area contributed by atoms with Gasteiger partial charge in [-0.15, -0.1) is 11.3 Å². The molecular formula is C21H18FN3OS. The molecule has 0 saturated heterocycles. The minimum atomic E-state index is -0.306. The van der Waals surface area contributed by atoms with Crippen LogP contribution in [0, 0.1) is 5.82 Å². The van der Waals surface area contributed by atoms with Crippen molar-refractivity contribution in [1.29, 1.82) is 0 Å². The van der Waals surface area contributed by atoms with Crippen LogP contribution >= 0.6 is 11.3 Å². The van der Waals surface area contributed by atoms with Crippen LogP contribution in [0.15, 0.2) is 65.0 Å². The lowest BCUT2D eigenvalue weighted by Crippen LogP contribution is -2.46. The van der Waals surface area contributed by atoms with Gasteiger partial charge in [-0.2, -0.15) is 0 Å². The van der Waals surface area contributed by atoms with E-state index in [-0.39, 0.29) is 23.8 Å². The van der Waals surface area contributed by atoms with E-state index in [2.05, 4.69) is 22.4 Å². The van der Waals surface area contributed by atoms with Crippen molar-refractivity contribution in [2.45, 2.75) is 25.3 Å². The lowest BCUT2D eigenvalue weighted by Gasteiger charge is -2.29. The van der Waals surface area contributed by atoms with E-state index < -0.39 is 0 Å². The van der Waals surface area contributed by atoms with Gasteiger partial charge >= 0.3 is 6.03 Å². The van der Waals surface area contributed by atoms with E-state index in [0.717, 1.165) is 27.5 Å². The van der Waals surface area contributed by atoms with Crippen LogP contribution in [0.1, 0.15) is 23.4 Å². The number of aliphatic imine (C=N–C) groups is 1. The summed E-state index contributed by atoms with van der Waals surface area (Å²) in [7, 11) is 0. The fraction of sp³-hybridized carbons (Fsp3) is 0.190. The summed E-state index contributed by atoms with van der Waals surface area (Å²) in [5.41, 5.74) is 3.59. The molecule has 0 spiro atoms. The molecule has 1 aliphatic rings. The quantitative estimate of drug-likeness (QED) is 0.706. The van der Waals surface area contributed by atoms with Crippen molar-refractivity contribution < 1.29 is 9.18 Å². The maximum absolute atomic E-state index is 13.2. The van der Waals surface area contributed by atoms with Crippen molar-refractivity contribution in [2.24, 2.45) is 4.99 Å². The van der Waals surface area contributed by atoms with E-state index >= 15 is 0 Å². The smallest absolute Gasteiger partial charge is 0.332 e. The first-order valence-electron chi connectivity index (χ1n) is 8.71. The van der Waals surface area contributed by atoms with Gasteiger partial charge in [-0.1, -0.05) is 30.3 Å². The second kappa shape index (κ2) is 7.40. The number of urea groups is 1. The van der Waals surface area contributed by atoms with E-state index in [1.807, 2.05) is 30.5 Å². The molecule has 27 heavy (non-hydrogen) atoms. The third-order valence-electron chi connectivity index (χ3n) is 4.67. The summed E-state index contributed by atoms with van der Waals surface area (Å²) in [6.07, 6.45) is 0.704. The Bertz CT molecular complexity index is 982. The zero-order chi connectivity index (χ0) is 18.8. The molecule has 2 atom stereocenters. The summed E-state index contributed by atoms with van der Waals surface area (Å²) < 4.78 is 13.2. The molecule has 0 fully saturated rings. The molecule has 1 aromatic heterocycles. The number of carbonyl (C=O) groups excluding carboxylic acids is 1. The molecule has 2 unspecified atom stereocenters. The second-order valence-corrected chi connectivity index (χ2v) is 7.44. The van der Waals surface area contributed by atoms with Crippen molar-refractivity contribution >= 4 is 23.1 Å². The number of halogens is 1. The summed E-state index contributed by atoms with van der Waals surface area (Å²) in [5, 5.41) is 5.85. The summed E-state index contributed by atoms with van der Waals surface area (Å²) >= 11 is 1.54. The first-order valence-corrected chi connectivity index (χ1v) is 9.59.